The highest BCUT2D eigenvalue weighted by molar-refractivity contribution is 9.10. The van der Waals surface area contributed by atoms with E-state index in [4.69, 9.17) is 10.5 Å². The predicted octanol–water partition coefficient (Wildman–Crippen LogP) is 2.88. The third kappa shape index (κ3) is 3.93. The molecule has 1 rings (SSSR count). The molecule has 0 bridgehead atoms. The molecule has 0 aliphatic rings. The summed E-state index contributed by atoms with van der Waals surface area (Å²) in [5.74, 6) is 0. The normalized spacial score (nSPS) is 10.6. The Hall–Kier alpha value is -0.380. The number of rotatable bonds is 6. The summed E-state index contributed by atoms with van der Waals surface area (Å²) in [5, 5.41) is 0. The van der Waals surface area contributed by atoms with Crippen LogP contribution in [0.4, 0.5) is 0 Å². The number of hydrogen-bond donors (Lipinski definition) is 1. The molecule has 0 atom stereocenters. The van der Waals surface area contributed by atoms with E-state index in [0.29, 0.717) is 6.61 Å². The van der Waals surface area contributed by atoms with Crippen LogP contribution in [-0.4, -0.2) is 13.7 Å². The fourth-order valence-corrected chi connectivity index (χ4v) is 2.23. The molecule has 0 saturated carbocycles. The van der Waals surface area contributed by atoms with Gasteiger partial charge in [-0.25, -0.2) is 0 Å². The highest BCUT2D eigenvalue weighted by Crippen LogP contribution is 2.23. The first kappa shape index (κ1) is 12.7. The third-order valence-electron chi connectivity index (χ3n) is 2.40. The SMILES string of the molecule is COCc1cccc(Br)c1CCCCN. The van der Waals surface area contributed by atoms with E-state index in [0.717, 1.165) is 25.8 Å². The van der Waals surface area contributed by atoms with E-state index in [-0.39, 0.29) is 0 Å². The van der Waals surface area contributed by atoms with Gasteiger partial charge in [0, 0.05) is 11.6 Å². The molecule has 3 heteroatoms. The first-order valence-corrected chi connectivity index (χ1v) is 6.04. The Morgan fingerprint density at radius 3 is 2.80 bits per heavy atom. The molecule has 0 spiro atoms. The van der Waals surface area contributed by atoms with E-state index >= 15 is 0 Å². The molecule has 0 aliphatic heterocycles. The van der Waals surface area contributed by atoms with Gasteiger partial charge in [-0.05, 0) is 43.0 Å². The van der Waals surface area contributed by atoms with Crippen LogP contribution in [0.3, 0.4) is 0 Å². The number of methoxy groups -OCH3 is 1. The Balaban J connectivity index is 2.72. The maximum atomic E-state index is 5.49. The fourth-order valence-electron chi connectivity index (χ4n) is 1.62. The van der Waals surface area contributed by atoms with Gasteiger partial charge in [-0.2, -0.15) is 0 Å². The Morgan fingerprint density at radius 1 is 1.33 bits per heavy atom. The summed E-state index contributed by atoms with van der Waals surface area (Å²) in [7, 11) is 1.73. The van der Waals surface area contributed by atoms with E-state index in [9.17, 15) is 0 Å². The molecule has 0 unspecified atom stereocenters. The predicted molar refractivity (Wildman–Crippen MR) is 66.8 cm³/mol. The Morgan fingerprint density at radius 2 is 2.13 bits per heavy atom. The van der Waals surface area contributed by atoms with Gasteiger partial charge in [-0.15, -0.1) is 0 Å². The summed E-state index contributed by atoms with van der Waals surface area (Å²) in [4.78, 5) is 0. The summed E-state index contributed by atoms with van der Waals surface area (Å²) < 4.78 is 6.36. The van der Waals surface area contributed by atoms with E-state index in [1.54, 1.807) is 7.11 Å². The number of halogens is 1. The number of hydrogen-bond acceptors (Lipinski definition) is 2. The van der Waals surface area contributed by atoms with Gasteiger partial charge in [-0.1, -0.05) is 28.1 Å². The molecule has 0 heterocycles. The highest BCUT2D eigenvalue weighted by atomic mass is 79.9. The summed E-state index contributed by atoms with van der Waals surface area (Å²) in [6.45, 7) is 1.45. The largest absolute Gasteiger partial charge is 0.380 e. The van der Waals surface area contributed by atoms with Crippen molar-refractivity contribution in [2.75, 3.05) is 13.7 Å². The number of nitrogens with two attached hydrogens (primary N) is 1. The Labute approximate surface area is 99.9 Å². The van der Waals surface area contributed by atoms with Gasteiger partial charge in [-0.3, -0.25) is 0 Å². The van der Waals surface area contributed by atoms with E-state index in [1.807, 2.05) is 6.07 Å². The number of unbranched alkanes of at least 4 members (excludes halogenated alkanes) is 1. The van der Waals surface area contributed by atoms with Crippen LogP contribution < -0.4 is 5.73 Å². The molecule has 2 nitrogen and oxygen atoms in total. The second-order valence-electron chi connectivity index (χ2n) is 3.56. The quantitative estimate of drug-likeness (QED) is 0.808. The average molecular weight is 272 g/mol. The Bertz CT molecular complexity index is 302. The molecule has 1 aromatic rings. The van der Waals surface area contributed by atoms with Crippen molar-refractivity contribution in [2.45, 2.75) is 25.9 Å². The van der Waals surface area contributed by atoms with Gasteiger partial charge in [0.05, 0.1) is 6.61 Å². The van der Waals surface area contributed by atoms with Gasteiger partial charge in [0.2, 0.25) is 0 Å². The molecule has 0 radical (unpaired) electrons. The van der Waals surface area contributed by atoms with Crippen molar-refractivity contribution in [2.24, 2.45) is 5.73 Å². The minimum Gasteiger partial charge on any atom is -0.380 e. The lowest BCUT2D eigenvalue weighted by Gasteiger charge is -2.10. The zero-order valence-electron chi connectivity index (χ0n) is 9.13. The van der Waals surface area contributed by atoms with E-state index in [2.05, 4.69) is 28.1 Å². The molecule has 0 fully saturated rings. The lowest BCUT2D eigenvalue weighted by Crippen LogP contribution is -2.01. The van der Waals surface area contributed by atoms with Crippen LogP contribution in [0, 0.1) is 0 Å². The molecule has 1 aromatic carbocycles. The van der Waals surface area contributed by atoms with Crippen LogP contribution in [0.5, 0.6) is 0 Å². The minimum absolute atomic E-state index is 0.678. The highest BCUT2D eigenvalue weighted by Gasteiger charge is 2.05. The second-order valence-corrected chi connectivity index (χ2v) is 4.41. The number of benzene rings is 1. The lowest BCUT2D eigenvalue weighted by atomic mass is 10.0. The summed E-state index contributed by atoms with van der Waals surface area (Å²) in [6.07, 6.45) is 3.28. The first-order chi connectivity index (χ1) is 7.29. The van der Waals surface area contributed by atoms with Crippen molar-refractivity contribution in [3.8, 4) is 0 Å². The molecule has 0 saturated heterocycles. The van der Waals surface area contributed by atoms with Crippen LogP contribution in [0.25, 0.3) is 0 Å². The Kier molecular flexibility index (Phi) is 5.91. The molecule has 0 aliphatic carbocycles. The van der Waals surface area contributed by atoms with Crippen LogP contribution in [0.15, 0.2) is 22.7 Å². The minimum atomic E-state index is 0.678. The summed E-state index contributed by atoms with van der Waals surface area (Å²) in [6, 6.07) is 6.24. The lowest BCUT2D eigenvalue weighted by molar-refractivity contribution is 0.184. The molecule has 15 heavy (non-hydrogen) atoms. The van der Waals surface area contributed by atoms with Crippen LogP contribution in [-0.2, 0) is 17.8 Å². The van der Waals surface area contributed by atoms with Gasteiger partial charge >= 0.3 is 0 Å². The molecular weight excluding hydrogens is 254 g/mol. The summed E-state index contributed by atoms with van der Waals surface area (Å²) >= 11 is 3.58. The molecule has 84 valence electrons. The van der Waals surface area contributed by atoms with E-state index in [1.165, 1.54) is 15.6 Å². The smallest absolute Gasteiger partial charge is 0.0716 e. The molecule has 0 aromatic heterocycles. The van der Waals surface area contributed by atoms with Gasteiger partial charge in [0.15, 0.2) is 0 Å². The van der Waals surface area contributed by atoms with Crippen LogP contribution in [0.1, 0.15) is 24.0 Å². The fraction of sp³-hybridized carbons (Fsp3) is 0.500. The van der Waals surface area contributed by atoms with Gasteiger partial charge < -0.3 is 10.5 Å². The monoisotopic (exact) mass is 271 g/mol. The van der Waals surface area contributed by atoms with Crippen molar-refractivity contribution in [1.29, 1.82) is 0 Å². The van der Waals surface area contributed by atoms with Crippen LogP contribution in [0.2, 0.25) is 0 Å². The molecule has 0 amide bonds. The number of ether oxygens (including phenoxy) is 1. The van der Waals surface area contributed by atoms with Crippen molar-refractivity contribution >= 4 is 15.9 Å². The third-order valence-corrected chi connectivity index (χ3v) is 3.14. The molecular formula is C12H18BrNO. The average Bonchev–Trinajstić information content (AvgIpc) is 2.23. The standard InChI is InChI=1S/C12H18BrNO/c1-15-9-10-5-4-7-12(13)11(10)6-2-3-8-14/h4-5,7H,2-3,6,8-9,14H2,1H3. The zero-order chi connectivity index (χ0) is 11.1. The van der Waals surface area contributed by atoms with E-state index < -0.39 is 0 Å². The zero-order valence-corrected chi connectivity index (χ0v) is 10.7. The van der Waals surface area contributed by atoms with Crippen LogP contribution >= 0.6 is 15.9 Å². The first-order valence-electron chi connectivity index (χ1n) is 5.25. The van der Waals surface area contributed by atoms with Crippen molar-refractivity contribution in [3.63, 3.8) is 0 Å². The van der Waals surface area contributed by atoms with Crippen molar-refractivity contribution in [3.05, 3.63) is 33.8 Å². The summed E-state index contributed by atoms with van der Waals surface area (Å²) in [5.41, 5.74) is 8.11. The second kappa shape index (κ2) is 6.99. The van der Waals surface area contributed by atoms with Crippen molar-refractivity contribution in [1.82, 2.24) is 0 Å². The molecule has 2 N–H and O–H groups in total. The maximum absolute atomic E-state index is 5.49. The maximum Gasteiger partial charge on any atom is 0.0716 e. The van der Waals surface area contributed by atoms with Crippen molar-refractivity contribution < 1.29 is 4.74 Å². The van der Waals surface area contributed by atoms with Gasteiger partial charge in [0.1, 0.15) is 0 Å². The van der Waals surface area contributed by atoms with Gasteiger partial charge in [0.25, 0.3) is 0 Å². The topological polar surface area (TPSA) is 35.2 Å².